The van der Waals surface area contributed by atoms with Crippen LogP contribution in [-0.4, -0.2) is 36.9 Å². The average Bonchev–Trinajstić information content (AvgIpc) is 2.91. The predicted molar refractivity (Wildman–Crippen MR) is 75.0 cm³/mol. The molecule has 20 heavy (non-hydrogen) atoms. The van der Waals surface area contributed by atoms with Gasteiger partial charge in [-0.3, -0.25) is 4.79 Å². The summed E-state index contributed by atoms with van der Waals surface area (Å²) in [6.45, 7) is 0. The summed E-state index contributed by atoms with van der Waals surface area (Å²) in [5, 5.41) is 8.70. The highest BCUT2D eigenvalue weighted by Crippen LogP contribution is 2.27. The Morgan fingerprint density at radius 1 is 1.25 bits per heavy atom. The van der Waals surface area contributed by atoms with Gasteiger partial charge in [0.05, 0.1) is 11.3 Å². The van der Waals surface area contributed by atoms with E-state index in [1.807, 2.05) is 0 Å². The highest BCUT2D eigenvalue weighted by atomic mass is 32.2. The molecule has 0 aliphatic heterocycles. The third-order valence-electron chi connectivity index (χ3n) is 3.79. The van der Waals surface area contributed by atoms with Gasteiger partial charge >= 0.3 is 5.97 Å². The fourth-order valence-corrected chi connectivity index (χ4v) is 4.00. The lowest BCUT2D eigenvalue weighted by atomic mass is 10.2. The zero-order valence-corrected chi connectivity index (χ0v) is 12.3. The maximum Gasteiger partial charge on any atom is 0.307 e. The van der Waals surface area contributed by atoms with E-state index < -0.39 is 16.0 Å². The molecule has 0 unspecified atom stereocenters. The van der Waals surface area contributed by atoms with E-state index in [0.717, 1.165) is 25.7 Å². The number of rotatable bonds is 5. The van der Waals surface area contributed by atoms with Crippen LogP contribution >= 0.6 is 0 Å². The number of carboxylic acids is 1. The number of carboxylic acid groups (broad SMARTS) is 1. The quantitative estimate of drug-likeness (QED) is 0.900. The number of hydrogen-bond donors (Lipinski definition) is 1. The Labute approximate surface area is 119 Å². The molecule has 110 valence electrons. The fourth-order valence-electron chi connectivity index (χ4n) is 2.58. The Balaban J connectivity index is 2.18. The lowest BCUT2D eigenvalue weighted by Crippen LogP contribution is -2.35. The van der Waals surface area contributed by atoms with Crippen LogP contribution in [0.1, 0.15) is 31.2 Å². The van der Waals surface area contributed by atoms with Crippen LogP contribution in [0.2, 0.25) is 0 Å². The minimum atomic E-state index is -3.48. The molecular weight excluding hydrogens is 278 g/mol. The van der Waals surface area contributed by atoms with E-state index >= 15 is 0 Å². The lowest BCUT2D eigenvalue weighted by molar-refractivity contribution is -0.136. The first-order valence-corrected chi connectivity index (χ1v) is 8.14. The first-order valence-electron chi connectivity index (χ1n) is 6.70. The third kappa shape index (κ3) is 3.19. The van der Waals surface area contributed by atoms with Gasteiger partial charge in [0.1, 0.15) is 0 Å². The number of benzene rings is 1. The summed E-state index contributed by atoms with van der Waals surface area (Å²) in [6.07, 6.45) is 3.86. The molecule has 0 saturated heterocycles. The van der Waals surface area contributed by atoms with Crippen LogP contribution in [0.25, 0.3) is 0 Å². The molecule has 0 radical (unpaired) electrons. The largest absolute Gasteiger partial charge is 0.481 e. The van der Waals surface area contributed by atoms with Gasteiger partial charge in [0.2, 0.25) is 10.0 Å². The summed E-state index contributed by atoms with van der Waals surface area (Å²) < 4.78 is 26.4. The molecule has 6 heteroatoms. The first-order chi connectivity index (χ1) is 9.41. The summed E-state index contributed by atoms with van der Waals surface area (Å²) in [5.74, 6) is -0.927. The number of aliphatic carboxylic acids is 1. The molecule has 5 nitrogen and oxygen atoms in total. The molecule has 1 saturated carbocycles. The van der Waals surface area contributed by atoms with Crippen LogP contribution in [0.3, 0.4) is 0 Å². The molecule has 1 aliphatic rings. The molecule has 1 aliphatic carbocycles. The molecule has 0 bridgehead atoms. The molecule has 0 spiro atoms. The average molecular weight is 297 g/mol. The summed E-state index contributed by atoms with van der Waals surface area (Å²) in [6, 6.07) is 6.17. The van der Waals surface area contributed by atoms with Gasteiger partial charge in [-0.15, -0.1) is 0 Å². The van der Waals surface area contributed by atoms with Gasteiger partial charge in [0, 0.05) is 13.1 Å². The van der Waals surface area contributed by atoms with Gasteiger partial charge in [-0.1, -0.05) is 25.0 Å². The number of hydrogen-bond acceptors (Lipinski definition) is 3. The van der Waals surface area contributed by atoms with Crippen molar-refractivity contribution in [2.24, 2.45) is 0 Å². The minimum absolute atomic E-state index is 0.0821. The molecule has 0 heterocycles. The van der Waals surface area contributed by atoms with Crippen LogP contribution in [0.15, 0.2) is 29.2 Å². The zero-order valence-electron chi connectivity index (χ0n) is 11.4. The van der Waals surface area contributed by atoms with E-state index in [9.17, 15) is 13.2 Å². The van der Waals surface area contributed by atoms with E-state index in [1.54, 1.807) is 19.2 Å². The van der Waals surface area contributed by atoms with E-state index in [-0.39, 0.29) is 17.4 Å². The van der Waals surface area contributed by atoms with Gasteiger partial charge < -0.3 is 5.11 Å². The topological polar surface area (TPSA) is 74.7 Å². The van der Waals surface area contributed by atoms with Crippen molar-refractivity contribution in [1.29, 1.82) is 0 Å². The van der Waals surface area contributed by atoms with Crippen molar-refractivity contribution in [3.63, 3.8) is 0 Å². The summed E-state index contributed by atoms with van der Waals surface area (Å²) in [5.41, 5.74) is 0.597. The zero-order chi connectivity index (χ0) is 14.8. The second kappa shape index (κ2) is 5.93. The highest BCUT2D eigenvalue weighted by molar-refractivity contribution is 7.89. The molecule has 1 fully saturated rings. The van der Waals surface area contributed by atoms with Crippen LogP contribution in [0.4, 0.5) is 0 Å². The number of nitrogens with zero attached hydrogens (tertiary/aromatic N) is 1. The van der Waals surface area contributed by atoms with Gasteiger partial charge in [0.15, 0.2) is 0 Å². The van der Waals surface area contributed by atoms with Gasteiger partial charge in [-0.25, -0.2) is 8.42 Å². The van der Waals surface area contributed by atoms with E-state index in [0.29, 0.717) is 5.56 Å². The Hall–Kier alpha value is -1.40. The standard InChI is InChI=1S/C14H19NO4S/c1-15(12-4-2-3-5-12)20(18,19)13-8-6-11(7-9-13)10-14(16)17/h6-9,12H,2-5,10H2,1H3,(H,16,17). The van der Waals surface area contributed by atoms with Crippen LogP contribution in [0.5, 0.6) is 0 Å². The molecule has 2 rings (SSSR count). The Bertz CT molecular complexity index is 574. The minimum Gasteiger partial charge on any atom is -0.481 e. The molecule has 0 atom stereocenters. The first kappa shape index (κ1) is 15.0. The van der Waals surface area contributed by atoms with Crippen LogP contribution in [0, 0.1) is 0 Å². The van der Waals surface area contributed by atoms with Gasteiger partial charge in [-0.2, -0.15) is 4.31 Å². The number of sulfonamides is 1. The van der Waals surface area contributed by atoms with Crippen molar-refractivity contribution in [2.45, 2.75) is 43.0 Å². The van der Waals surface area contributed by atoms with Gasteiger partial charge in [0.25, 0.3) is 0 Å². The van der Waals surface area contributed by atoms with E-state index in [4.69, 9.17) is 5.11 Å². The molecular formula is C14H19NO4S. The summed E-state index contributed by atoms with van der Waals surface area (Å²) in [7, 11) is -1.86. The van der Waals surface area contributed by atoms with Crippen molar-refractivity contribution in [1.82, 2.24) is 4.31 Å². The SMILES string of the molecule is CN(C1CCCC1)S(=O)(=O)c1ccc(CC(=O)O)cc1. The van der Waals surface area contributed by atoms with E-state index in [2.05, 4.69) is 0 Å². The van der Waals surface area contributed by atoms with Crippen molar-refractivity contribution in [3.05, 3.63) is 29.8 Å². The fraction of sp³-hybridized carbons (Fsp3) is 0.500. The summed E-state index contributed by atoms with van der Waals surface area (Å²) >= 11 is 0. The summed E-state index contributed by atoms with van der Waals surface area (Å²) in [4.78, 5) is 10.8. The normalized spacial score (nSPS) is 16.7. The second-order valence-corrected chi connectivity index (χ2v) is 7.17. The number of carbonyl (C=O) groups is 1. The molecule has 0 amide bonds. The predicted octanol–water partition coefficient (Wildman–Crippen LogP) is 1.88. The van der Waals surface area contributed by atoms with Crippen molar-refractivity contribution in [2.75, 3.05) is 7.05 Å². The molecule has 1 aromatic rings. The lowest BCUT2D eigenvalue weighted by Gasteiger charge is -2.23. The van der Waals surface area contributed by atoms with Gasteiger partial charge in [-0.05, 0) is 30.5 Å². The maximum absolute atomic E-state index is 12.5. The molecule has 0 aromatic heterocycles. The highest BCUT2D eigenvalue weighted by Gasteiger charge is 2.29. The van der Waals surface area contributed by atoms with Crippen LogP contribution in [-0.2, 0) is 21.2 Å². The Kier molecular flexibility index (Phi) is 4.45. The second-order valence-electron chi connectivity index (χ2n) is 5.17. The Morgan fingerprint density at radius 3 is 2.30 bits per heavy atom. The van der Waals surface area contributed by atoms with Crippen molar-refractivity contribution < 1.29 is 18.3 Å². The monoisotopic (exact) mass is 297 g/mol. The molecule has 1 N–H and O–H groups in total. The smallest absolute Gasteiger partial charge is 0.307 e. The third-order valence-corrected chi connectivity index (χ3v) is 5.72. The van der Waals surface area contributed by atoms with Crippen molar-refractivity contribution in [3.8, 4) is 0 Å². The molecule has 1 aromatic carbocycles. The Morgan fingerprint density at radius 2 is 1.80 bits per heavy atom. The maximum atomic E-state index is 12.5. The van der Waals surface area contributed by atoms with Crippen LogP contribution < -0.4 is 0 Å². The van der Waals surface area contributed by atoms with Crippen molar-refractivity contribution >= 4 is 16.0 Å². The van der Waals surface area contributed by atoms with E-state index in [1.165, 1.54) is 16.4 Å².